The number of aliphatic hydroxyl groups excluding tert-OH is 1. The zero-order chi connectivity index (χ0) is 23.0. The van der Waals surface area contributed by atoms with Crippen LogP contribution in [0.1, 0.15) is 42.3 Å². The van der Waals surface area contributed by atoms with Crippen LogP contribution in [0.15, 0.2) is 42.6 Å². The van der Waals surface area contributed by atoms with Crippen molar-refractivity contribution in [2.75, 3.05) is 12.4 Å². The summed E-state index contributed by atoms with van der Waals surface area (Å²) in [5.41, 5.74) is 4.43. The molecule has 8 nitrogen and oxygen atoms in total. The number of allylic oxidation sites excluding steroid dienone is 1. The van der Waals surface area contributed by atoms with Crippen LogP contribution >= 0.6 is 7.52 Å². The summed E-state index contributed by atoms with van der Waals surface area (Å²) in [5, 5.41) is 12.7. The van der Waals surface area contributed by atoms with E-state index in [-0.39, 0.29) is 18.8 Å². The molecule has 170 valence electrons. The zero-order valence-corrected chi connectivity index (χ0v) is 19.9. The second-order valence-electron chi connectivity index (χ2n) is 8.35. The molecule has 3 heterocycles. The van der Waals surface area contributed by atoms with Crippen LogP contribution in [0.2, 0.25) is 0 Å². The highest BCUT2D eigenvalue weighted by molar-refractivity contribution is 7.57. The van der Waals surface area contributed by atoms with Crippen molar-refractivity contribution in [2.24, 2.45) is 0 Å². The van der Waals surface area contributed by atoms with Gasteiger partial charge < -0.3 is 19.9 Å². The first-order valence-electron chi connectivity index (χ1n) is 10.7. The summed E-state index contributed by atoms with van der Waals surface area (Å²) in [6.45, 7) is 7.79. The Hall–Kier alpha value is -2.51. The van der Waals surface area contributed by atoms with Gasteiger partial charge in [-0.3, -0.25) is 9.55 Å². The Morgan fingerprint density at radius 2 is 2.06 bits per heavy atom. The van der Waals surface area contributed by atoms with Gasteiger partial charge >= 0.3 is 0 Å². The van der Waals surface area contributed by atoms with Gasteiger partial charge in [0.25, 0.3) is 7.52 Å². The predicted molar refractivity (Wildman–Crippen MR) is 127 cm³/mol. The number of pyridine rings is 1. The minimum atomic E-state index is -3.27. The first-order valence-corrected chi connectivity index (χ1v) is 12.4. The van der Waals surface area contributed by atoms with Crippen LogP contribution < -0.4 is 5.32 Å². The average molecular weight is 455 g/mol. The van der Waals surface area contributed by atoms with Crippen molar-refractivity contribution in [1.29, 1.82) is 0 Å². The van der Waals surface area contributed by atoms with E-state index in [4.69, 9.17) is 9.51 Å². The lowest BCUT2D eigenvalue weighted by Crippen LogP contribution is -2.26. The molecule has 1 aliphatic rings. The smallest absolute Gasteiger partial charge is 0.287 e. The summed E-state index contributed by atoms with van der Waals surface area (Å²) in [7, 11) is -1.44. The number of imidazole rings is 1. The highest BCUT2D eigenvalue weighted by Crippen LogP contribution is 2.67. The third-order valence-electron chi connectivity index (χ3n) is 6.15. The number of hydrogen-bond donors (Lipinski definition) is 3. The van der Waals surface area contributed by atoms with Gasteiger partial charge in [-0.2, -0.15) is 0 Å². The number of aromatic amines is 1. The topological polar surface area (TPSA) is 103 Å². The Morgan fingerprint density at radius 1 is 1.28 bits per heavy atom. The SMILES string of the molecule is Cc1ccc(N/C=C\C(c2nc3ccc(CO)cc3[nH]2)P2(=O)O[C@@H](C)[C@@H](C)N2C)c(C)n1. The number of anilines is 1. The molecular formula is C23H30N5O3P. The van der Waals surface area contributed by atoms with Crippen LogP contribution in [-0.2, 0) is 15.7 Å². The number of hydrogen-bond acceptors (Lipinski definition) is 6. The van der Waals surface area contributed by atoms with E-state index in [1.54, 1.807) is 6.20 Å². The van der Waals surface area contributed by atoms with Crippen molar-refractivity contribution < 1.29 is 14.2 Å². The fraction of sp³-hybridized carbons (Fsp3) is 0.391. The van der Waals surface area contributed by atoms with Crippen LogP contribution in [-0.4, -0.2) is 43.9 Å². The number of nitrogens with one attached hydrogen (secondary N) is 2. The van der Waals surface area contributed by atoms with E-state index in [0.717, 1.165) is 33.7 Å². The van der Waals surface area contributed by atoms with Gasteiger partial charge in [-0.25, -0.2) is 9.65 Å². The number of H-pyrrole nitrogens is 1. The van der Waals surface area contributed by atoms with Crippen LogP contribution in [0.3, 0.4) is 0 Å². The molecule has 0 aliphatic carbocycles. The molecule has 2 aromatic heterocycles. The number of nitrogens with zero attached hydrogens (tertiary/aromatic N) is 3. The second-order valence-corrected chi connectivity index (χ2v) is 10.9. The number of fused-ring (bicyclic) bond motifs is 1. The molecule has 0 spiro atoms. The number of aliphatic hydroxyl groups is 1. The van der Waals surface area contributed by atoms with Crippen molar-refractivity contribution in [2.45, 2.75) is 52.1 Å². The fourth-order valence-electron chi connectivity index (χ4n) is 3.96. The second kappa shape index (κ2) is 8.79. The maximum absolute atomic E-state index is 14.1. The Balaban J connectivity index is 1.72. The highest BCUT2D eigenvalue weighted by atomic mass is 31.2. The Morgan fingerprint density at radius 3 is 2.72 bits per heavy atom. The van der Waals surface area contributed by atoms with E-state index in [9.17, 15) is 9.67 Å². The Kier molecular flexibility index (Phi) is 6.23. The van der Waals surface area contributed by atoms with E-state index in [0.29, 0.717) is 5.82 Å². The third kappa shape index (κ3) is 4.11. The van der Waals surface area contributed by atoms with Crippen molar-refractivity contribution in [3.05, 3.63) is 65.4 Å². The summed E-state index contributed by atoms with van der Waals surface area (Å²) < 4.78 is 22.0. The molecule has 1 aromatic carbocycles. The van der Waals surface area contributed by atoms with Crippen molar-refractivity contribution in [1.82, 2.24) is 19.6 Å². The highest BCUT2D eigenvalue weighted by Gasteiger charge is 2.50. The normalized spacial score (nSPS) is 25.1. The number of rotatable bonds is 6. The standard InChI is InChI=1S/C23H30N5O3P/c1-14-6-8-19(15(2)25-14)24-11-10-22(32(30)28(5)16(3)17(4)31-32)23-26-20-9-7-18(13-29)12-21(20)27-23/h6-12,16-17,22,24,29H,13H2,1-5H3,(H,26,27)/b11-10-/t16-,17+,22?,32?/m1/s1. The monoisotopic (exact) mass is 455 g/mol. The van der Waals surface area contributed by atoms with E-state index in [1.807, 2.05) is 75.8 Å². The predicted octanol–water partition coefficient (Wildman–Crippen LogP) is 4.67. The molecule has 0 bridgehead atoms. The van der Waals surface area contributed by atoms with Crippen LogP contribution in [0.25, 0.3) is 11.0 Å². The number of aromatic nitrogens is 3. The number of aryl methyl sites for hydroxylation is 2. The molecule has 0 amide bonds. The molecule has 9 heteroatoms. The van der Waals surface area contributed by atoms with E-state index in [1.165, 1.54) is 0 Å². The third-order valence-corrected chi connectivity index (χ3v) is 9.15. The van der Waals surface area contributed by atoms with E-state index >= 15 is 0 Å². The maximum atomic E-state index is 14.1. The minimum Gasteiger partial charge on any atom is -0.392 e. The first kappa shape index (κ1) is 22.7. The largest absolute Gasteiger partial charge is 0.392 e. The molecule has 1 saturated heterocycles. The molecule has 4 rings (SSSR count). The number of benzene rings is 1. The Bertz CT molecular complexity index is 1210. The average Bonchev–Trinajstić information content (AvgIpc) is 3.26. The van der Waals surface area contributed by atoms with Crippen molar-refractivity contribution in [3.8, 4) is 0 Å². The molecule has 3 N–H and O–H groups in total. The summed E-state index contributed by atoms with van der Waals surface area (Å²) in [6.07, 6.45) is 3.45. The lowest BCUT2D eigenvalue weighted by Gasteiger charge is -2.25. The quantitative estimate of drug-likeness (QED) is 0.464. The lowest BCUT2D eigenvalue weighted by molar-refractivity contribution is 0.226. The molecule has 1 aliphatic heterocycles. The van der Waals surface area contributed by atoms with Gasteiger partial charge in [-0.15, -0.1) is 0 Å². The summed E-state index contributed by atoms with van der Waals surface area (Å²) in [5.74, 6) is 0.559. The molecule has 1 fully saturated rings. The molecule has 32 heavy (non-hydrogen) atoms. The van der Waals surface area contributed by atoms with E-state index < -0.39 is 13.2 Å². The molecular weight excluding hydrogens is 425 g/mol. The van der Waals surface area contributed by atoms with Gasteiger partial charge in [-0.1, -0.05) is 6.07 Å². The van der Waals surface area contributed by atoms with E-state index in [2.05, 4.69) is 15.3 Å². The lowest BCUT2D eigenvalue weighted by atomic mass is 10.2. The molecule has 2 unspecified atom stereocenters. The van der Waals surface area contributed by atoms with Gasteiger partial charge in [0.1, 0.15) is 11.5 Å². The van der Waals surface area contributed by atoms with Crippen LogP contribution in [0.5, 0.6) is 0 Å². The van der Waals surface area contributed by atoms with Gasteiger partial charge in [0.2, 0.25) is 0 Å². The summed E-state index contributed by atoms with van der Waals surface area (Å²) in [4.78, 5) is 12.5. The summed E-state index contributed by atoms with van der Waals surface area (Å²) >= 11 is 0. The van der Waals surface area contributed by atoms with Gasteiger partial charge in [0.05, 0.1) is 35.1 Å². The van der Waals surface area contributed by atoms with Crippen molar-refractivity contribution >= 4 is 24.2 Å². The zero-order valence-electron chi connectivity index (χ0n) is 19.0. The molecule has 4 atom stereocenters. The molecule has 0 radical (unpaired) electrons. The molecule has 3 aromatic rings. The van der Waals surface area contributed by atoms with Gasteiger partial charge in [0.15, 0.2) is 0 Å². The van der Waals surface area contributed by atoms with Crippen LogP contribution in [0, 0.1) is 13.8 Å². The van der Waals surface area contributed by atoms with Crippen molar-refractivity contribution in [3.63, 3.8) is 0 Å². The van der Waals surface area contributed by atoms with Crippen LogP contribution in [0.4, 0.5) is 5.69 Å². The first-order chi connectivity index (χ1) is 15.2. The van der Waals surface area contributed by atoms with Gasteiger partial charge in [0, 0.05) is 11.7 Å². The maximum Gasteiger partial charge on any atom is 0.287 e. The molecule has 0 saturated carbocycles. The Labute approximate surface area is 188 Å². The minimum absolute atomic E-state index is 0.0126. The summed E-state index contributed by atoms with van der Waals surface area (Å²) in [6, 6.07) is 9.46. The van der Waals surface area contributed by atoms with Gasteiger partial charge in [-0.05, 0) is 76.8 Å². The fourth-order valence-corrected chi connectivity index (χ4v) is 6.71. The number of likely N-dealkylation sites (N-methyl/N-ethyl adjacent to an activating group) is 1.